The molecule has 0 aliphatic heterocycles. The van der Waals surface area contributed by atoms with Gasteiger partial charge in [-0.05, 0) is 18.6 Å². The number of amides is 2. The van der Waals surface area contributed by atoms with E-state index in [2.05, 4.69) is 15.6 Å². The van der Waals surface area contributed by atoms with Crippen LogP contribution in [0.5, 0.6) is 0 Å². The van der Waals surface area contributed by atoms with Crippen molar-refractivity contribution in [1.82, 2.24) is 4.98 Å². The molecule has 2 amide bonds. The maximum atomic E-state index is 11.5. The van der Waals surface area contributed by atoms with Crippen LogP contribution in [0.4, 0.5) is 11.5 Å². The van der Waals surface area contributed by atoms with Gasteiger partial charge in [-0.3, -0.25) is 9.59 Å². The molecule has 0 spiro atoms. The van der Waals surface area contributed by atoms with Crippen LogP contribution in [0.25, 0.3) is 0 Å². The van der Waals surface area contributed by atoms with Crippen LogP contribution in [-0.2, 0) is 9.59 Å². The second-order valence-corrected chi connectivity index (χ2v) is 4.21. The van der Waals surface area contributed by atoms with Gasteiger partial charge in [0.25, 0.3) is 0 Å². The maximum Gasteiger partial charge on any atom is 0.228 e. The SMILES string of the molecule is CC(=O)Nc1cnc(NC(=O)C(C)C)cc1C. The topological polar surface area (TPSA) is 71.1 Å². The quantitative estimate of drug-likeness (QED) is 0.841. The first-order valence-electron chi connectivity index (χ1n) is 5.45. The average molecular weight is 235 g/mol. The molecule has 0 aliphatic rings. The Morgan fingerprint density at radius 2 is 1.94 bits per heavy atom. The van der Waals surface area contributed by atoms with Gasteiger partial charge in [0.15, 0.2) is 0 Å². The summed E-state index contributed by atoms with van der Waals surface area (Å²) < 4.78 is 0. The fourth-order valence-corrected chi connectivity index (χ4v) is 1.22. The van der Waals surface area contributed by atoms with Crippen molar-refractivity contribution in [3.05, 3.63) is 17.8 Å². The molecule has 1 heterocycles. The summed E-state index contributed by atoms with van der Waals surface area (Å²) in [5.74, 6) is 0.181. The lowest BCUT2D eigenvalue weighted by atomic mass is 10.2. The van der Waals surface area contributed by atoms with Crippen LogP contribution < -0.4 is 10.6 Å². The number of pyridine rings is 1. The second-order valence-electron chi connectivity index (χ2n) is 4.21. The highest BCUT2D eigenvalue weighted by molar-refractivity contribution is 5.92. The van der Waals surface area contributed by atoms with Gasteiger partial charge in [0.2, 0.25) is 11.8 Å². The van der Waals surface area contributed by atoms with Crippen molar-refractivity contribution in [2.45, 2.75) is 27.7 Å². The Kier molecular flexibility index (Phi) is 4.20. The van der Waals surface area contributed by atoms with Gasteiger partial charge in [-0.2, -0.15) is 0 Å². The fraction of sp³-hybridized carbons (Fsp3) is 0.417. The Labute approximate surface area is 101 Å². The lowest BCUT2D eigenvalue weighted by molar-refractivity contribution is -0.119. The summed E-state index contributed by atoms with van der Waals surface area (Å²) in [6.45, 7) is 6.91. The van der Waals surface area contributed by atoms with Crippen molar-refractivity contribution in [3.63, 3.8) is 0 Å². The summed E-state index contributed by atoms with van der Waals surface area (Å²) in [7, 11) is 0. The van der Waals surface area contributed by atoms with Gasteiger partial charge in [-0.1, -0.05) is 13.8 Å². The number of hydrogen-bond acceptors (Lipinski definition) is 3. The second kappa shape index (κ2) is 5.43. The van der Waals surface area contributed by atoms with Crippen molar-refractivity contribution in [2.75, 3.05) is 10.6 Å². The van der Waals surface area contributed by atoms with Crippen LogP contribution in [0.1, 0.15) is 26.3 Å². The van der Waals surface area contributed by atoms with E-state index in [1.807, 2.05) is 20.8 Å². The number of nitrogens with zero attached hydrogens (tertiary/aromatic N) is 1. The number of aromatic nitrogens is 1. The number of carbonyl (C=O) groups is 2. The lowest BCUT2D eigenvalue weighted by Crippen LogP contribution is -2.18. The molecule has 17 heavy (non-hydrogen) atoms. The highest BCUT2D eigenvalue weighted by atomic mass is 16.2. The third-order valence-corrected chi connectivity index (χ3v) is 2.20. The molecule has 1 rings (SSSR count). The van der Waals surface area contributed by atoms with Crippen LogP contribution >= 0.6 is 0 Å². The number of rotatable bonds is 3. The van der Waals surface area contributed by atoms with E-state index in [1.165, 1.54) is 13.1 Å². The van der Waals surface area contributed by atoms with E-state index >= 15 is 0 Å². The van der Waals surface area contributed by atoms with Crippen LogP contribution in [0.15, 0.2) is 12.3 Å². The lowest BCUT2D eigenvalue weighted by Gasteiger charge is -2.10. The summed E-state index contributed by atoms with van der Waals surface area (Å²) >= 11 is 0. The van der Waals surface area contributed by atoms with Crippen molar-refractivity contribution in [3.8, 4) is 0 Å². The summed E-state index contributed by atoms with van der Waals surface area (Å²) in [5.41, 5.74) is 1.51. The first-order valence-corrected chi connectivity index (χ1v) is 5.45. The minimum atomic E-state index is -0.145. The third-order valence-electron chi connectivity index (χ3n) is 2.20. The first-order chi connectivity index (χ1) is 7.90. The maximum absolute atomic E-state index is 11.5. The minimum absolute atomic E-state index is 0.0795. The van der Waals surface area contributed by atoms with E-state index < -0.39 is 0 Å². The monoisotopic (exact) mass is 235 g/mol. The van der Waals surface area contributed by atoms with Gasteiger partial charge in [-0.15, -0.1) is 0 Å². The Hall–Kier alpha value is -1.91. The molecule has 0 aliphatic carbocycles. The number of nitrogens with one attached hydrogen (secondary N) is 2. The van der Waals surface area contributed by atoms with Crippen LogP contribution in [-0.4, -0.2) is 16.8 Å². The molecule has 0 fully saturated rings. The van der Waals surface area contributed by atoms with E-state index in [0.29, 0.717) is 11.5 Å². The van der Waals surface area contributed by atoms with Crippen molar-refractivity contribution >= 4 is 23.3 Å². The van der Waals surface area contributed by atoms with Gasteiger partial charge >= 0.3 is 0 Å². The number of aryl methyl sites for hydroxylation is 1. The highest BCUT2D eigenvalue weighted by Crippen LogP contribution is 2.17. The van der Waals surface area contributed by atoms with E-state index in [-0.39, 0.29) is 17.7 Å². The third kappa shape index (κ3) is 3.86. The Morgan fingerprint density at radius 1 is 1.29 bits per heavy atom. The number of hydrogen-bond donors (Lipinski definition) is 2. The molecule has 1 aromatic heterocycles. The zero-order chi connectivity index (χ0) is 13.0. The molecule has 0 radical (unpaired) electrons. The standard InChI is InChI=1S/C12H17N3O2/c1-7(2)12(17)15-11-5-8(3)10(6-13-11)14-9(4)16/h5-7H,1-4H3,(H,14,16)(H,13,15,17). The van der Waals surface area contributed by atoms with Crippen molar-refractivity contribution < 1.29 is 9.59 Å². The van der Waals surface area contributed by atoms with Crippen LogP contribution in [0.2, 0.25) is 0 Å². The van der Waals surface area contributed by atoms with Gasteiger partial charge in [0, 0.05) is 12.8 Å². The molecule has 0 unspecified atom stereocenters. The van der Waals surface area contributed by atoms with E-state index in [9.17, 15) is 9.59 Å². The molecule has 2 N–H and O–H groups in total. The van der Waals surface area contributed by atoms with Gasteiger partial charge in [0.1, 0.15) is 5.82 Å². The molecule has 0 bridgehead atoms. The first kappa shape index (κ1) is 13.2. The van der Waals surface area contributed by atoms with Crippen molar-refractivity contribution in [2.24, 2.45) is 5.92 Å². The van der Waals surface area contributed by atoms with Gasteiger partial charge in [0.05, 0.1) is 11.9 Å². The number of anilines is 2. The van der Waals surface area contributed by atoms with Crippen LogP contribution in [0, 0.1) is 12.8 Å². The average Bonchev–Trinajstić information content (AvgIpc) is 2.21. The number of carbonyl (C=O) groups excluding carboxylic acids is 2. The zero-order valence-electron chi connectivity index (χ0n) is 10.5. The molecule has 5 nitrogen and oxygen atoms in total. The largest absolute Gasteiger partial charge is 0.325 e. The zero-order valence-corrected chi connectivity index (χ0v) is 10.5. The predicted octanol–water partition coefficient (Wildman–Crippen LogP) is 1.94. The minimum Gasteiger partial charge on any atom is -0.325 e. The Morgan fingerprint density at radius 3 is 2.41 bits per heavy atom. The molecule has 0 atom stereocenters. The van der Waals surface area contributed by atoms with E-state index in [1.54, 1.807) is 6.07 Å². The molecular weight excluding hydrogens is 218 g/mol. The molecule has 0 saturated carbocycles. The Bertz CT molecular complexity index is 441. The smallest absolute Gasteiger partial charge is 0.228 e. The van der Waals surface area contributed by atoms with Crippen LogP contribution in [0.3, 0.4) is 0 Å². The van der Waals surface area contributed by atoms with Gasteiger partial charge in [-0.25, -0.2) is 4.98 Å². The fourth-order valence-electron chi connectivity index (χ4n) is 1.22. The molecule has 0 aromatic carbocycles. The summed E-state index contributed by atoms with van der Waals surface area (Å²) in [6.07, 6.45) is 1.53. The molecule has 5 heteroatoms. The normalized spacial score (nSPS) is 10.2. The van der Waals surface area contributed by atoms with Gasteiger partial charge < -0.3 is 10.6 Å². The van der Waals surface area contributed by atoms with Crippen molar-refractivity contribution in [1.29, 1.82) is 0 Å². The summed E-state index contributed by atoms with van der Waals surface area (Å²) in [4.78, 5) is 26.4. The Balaban J connectivity index is 2.82. The summed E-state index contributed by atoms with van der Waals surface area (Å²) in [6, 6.07) is 1.73. The molecule has 0 saturated heterocycles. The van der Waals surface area contributed by atoms with E-state index in [4.69, 9.17) is 0 Å². The summed E-state index contributed by atoms with van der Waals surface area (Å²) in [5, 5.41) is 5.36. The molecule has 92 valence electrons. The molecular formula is C12H17N3O2. The predicted molar refractivity (Wildman–Crippen MR) is 66.7 cm³/mol. The molecule has 1 aromatic rings. The highest BCUT2D eigenvalue weighted by Gasteiger charge is 2.09. The van der Waals surface area contributed by atoms with E-state index in [0.717, 1.165) is 5.56 Å².